The van der Waals surface area contributed by atoms with Gasteiger partial charge in [-0.3, -0.25) is 0 Å². The molecule has 0 aliphatic carbocycles. The third kappa shape index (κ3) is 6.08. The Kier molecular flexibility index (Phi) is 8.10. The van der Waals surface area contributed by atoms with Gasteiger partial charge in [-0.05, 0) is 18.9 Å². The lowest BCUT2D eigenvalue weighted by molar-refractivity contribution is -0.0573. The van der Waals surface area contributed by atoms with Crippen molar-refractivity contribution in [1.29, 1.82) is 0 Å². The fourth-order valence-electron chi connectivity index (χ4n) is 1.76. The maximum atomic E-state index is 5.89. The Morgan fingerprint density at radius 2 is 1.82 bits per heavy atom. The summed E-state index contributed by atoms with van der Waals surface area (Å²) in [5, 5.41) is 0. The van der Waals surface area contributed by atoms with Crippen molar-refractivity contribution in [2.45, 2.75) is 58.2 Å². The first-order valence-electron chi connectivity index (χ1n) is 6.90. The highest BCUT2D eigenvalue weighted by Gasteiger charge is 2.22. The van der Waals surface area contributed by atoms with E-state index >= 15 is 0 Å². The van der Waals surface area contributed by atoms with Crippen molar-refractivity contribution in [3.8, 4) is 0 Å². The van der Waals surface area contributed by atoms with Crippen molar-refractivity contribution in [1.82, 2.24) is 0 Å². The van der Waals surface area contributed by atoms with Crippen molar-refractivity contribution in [2.75, 3.05) is 19.8 Å². The van der Waals surface area contributed by atoms with Crippen LogP contribution in [0.15, 0.2) is 12.3 Å². The molecule has 1 heterocycles. The molecule has 0 aromatic rings. The van der Waals surface area contributed by atoms with Crippen molar-refractivity contribution in [3.63, 3.8) is 0 Å². The standard InChI is InChI=1S/C14H26O3/c1-3-5-9-16-13-7-11-15-12-8-14(13)17-10-6-4-2/h7,11,13-14H,3-6,8-10,12H2,1-2H3/t13?,14-/m1/s1. The molecular formula is C14H26O3. The molecule has 0 bridgehead atoms. The molecule has 0 saturated heterocycles. The number of ether oxygens (including phenoxy) is 3. The molecule has 1 aliphatic heterocycles. The van der Waals surface area contributed by atoms with E-state index < -0.39 is 0 Å². The van der Waals surface area contributed by atoms with E-state index in [0.717, 1.165) is 45.5 Å². The number of hydrogen-bond donors (Lipinski definition) is 0. The Labute approximate surface area is 105 Å². The van der Waals surface area contributed by atoms with Crippen molar-refractivity contribution in [2.24, 2.45) is 0 Å². The van der Waals surface area contributed by atoms with Crippen LogP contribution in [0.1, 0.15) is 46.0 Å². The fraction of sp³-hybridized carbons (Fsp3) is 0.857. The quantitative estimate of drug-likeness (QED) is 0.611. The van der Waals surface area contributed by atoms with Gasteiger partial charge < -0.3 is 14.2 Å². The van der Waals surface area contributed by atoms with E-state index in [2.05, 4.69) is 13.8 Å². The molecule has 17 heavy (non-hydrogen) atoms. The second-order valence-electron chi connectivity index (χ2n) is 4.44. The molecule has 0 aromatic carbocycles. The molecule has 1 unspecified atom stereocenters. The van der Waals surface area contributed by atoms with Gasteiger partial charge in [-0.2, -0.15) is 0 Å². The van der Waals surface area contributed by atoms with Gasteiger partial charge in [-0.25, -0.2) is 0 Å². The lowest BCUT2D eigenvalue weighted by Gasteiger charge is -2.23. The maximum absolute atomic E-state index is 5.89. The molecule has 0 aromatic heterocycles. The SMILES string of the molecule is CCCCOC1C=COCC[C@H]1OCCCC. The van der Waals surface area contributed by atoms with E-state index in [1.807, 2.05) is 6.08 Å². The molecule has 0 fully saturated rings. The van der Waals surface area contributed by atoms with Gasteiger partial charge in [0.2, 0.25) is 0 Å². The minimum Gasteiger partial charge on any atom is -0.501 e. The number of unbranched alkanes of at least 4 members (excludes halogenated alkanes) is 2. The third-order valence-corrected chi connectivity index (χ3v) is 2.89. The van der Waals surface area contributed by atoms with Crippen LogP contribution in [-0.2, 0) is 14.2 Å². The predicted octanol–water partition coefficient (Wildman–Crippen LogP) is 3.29. The van der Waals surface area contributed by atoms with Gasteiger partial charge >= 0.3 is 0 Å². The first-order chi connectivity index (χ1) is 8.38. The lowest BCUT2D eigenvalue weighted by atomic mass is 10.1. The minimum atomic E-state index is 0.0564. The second-order valence-corrected chi connectivity index (χ2v) is 4.44. The van der Waals surface area contributed by atoms with Crippen molar-refractivity contribution >= 4 is 0 Å². The fourth-order valence-corrected chi connectivity index (χ4v) is 1.76. The normalized spacial score (nSPS) is 24.4. The van der Waals surface area contributed by atoms with E-state index in [4.69, 9.17) is 14.2 Å². The largest absolute Gasteiger partial charge is 0.501 e. The first-order valence-corrected chi connectivity index (χ1v) is 6.90. The lowest BCUT2D eigenvalue weighted by Crippen LogP contribution is -2.31. The maximum Gasteiger partial charge on any atom is 0.105 e. The molecule has 0 amide bonds. The van der Waals surface area contributed by atoms with Crippen LogP contribution in [-0.4, -0.2) is 32.0 Å². The highest BCUT2D eigenvalue weighted by Crippen LogP contribution is 2.15. The van der Waals surface area contributed by atoms with Gasteiger partial charge in [-0.15, -0.1) is 0 Å². The average Bonchev–Trinajstić information content (AvgIpc) is 2.56. The van der Waals surface area contributed by atoms with Gasteiger partial charge in [0, 0.05) is 19.6 Å². The summed E-state index contributed by atoms with van der Waals surface area (Å²) in [6, 6.07) is 0. The molecule has 0 saturated carbocycles. The molecule has 0 N–H and O–H groups in total. The molecule has 1 aliphatic rings. The van der Waals surface area contributed by atoms with Gasteiger partial charge in [0.1, 0.15) is 6.10 Å². The van der Waals surface area contributed by atoms with Crippen LogP contribution in [0.5, 0.6) is 0 Å². The summed E-state index contributed by atoms with van der Waals surface area (Å²) in [4.78, 5) is 0. The predicted molar refractivity (Wildman–Crippen MR) is 69.0 cm³/mol. The van der Waals surface area contributed by atoms with Crippen LogP contribution in [0, 0.1) is 0 Å². The van der Waals surface area contributed by atoms with E-state index in [1.165, 1.54) is 6.42 Å². The number of hydrogen-bond acceptors (Lipinski definition) is 3. The van der Waals surface area contributed by atoms with E-state index in [9.17, 15) is 0 Å². The number of rotatable bonds is 8. The Morgan fingerprint density at radius 1 is 1.12 bits per heavy atom. The van der Waals surface area contributed by atoms with E-state index in [1.54, 1.807) is 6.26 Å². The van der Waals surface area contributed by atoms with Gasteiger partial charge in [0.05, 0.1) is 19.0 Å². The Balaban J connectivity index is 2.35. The van der Waals surface area contributed by atoms with Crippen LogP contribution >= 0.6 is 0 Å². The molecule has 2 atom stereocenters. The van der Waals surface area contributed by atoms with Gasteiger partial charge in [-0.1, -0.05) is 26.7 Å². The van der Waals surface area contributed by atoms with Crippen molar-refractivity contribution in [3.05, 3.63) is 12.3 Å². The molecule has 0 spiro atoms. The van der Waals surface area contributed by atoms with E-state index in [-0.39, 0.29) is 12.2 Å². The Morgan fingerprint density at radius 3 is 2.53 bits per heavy atom. The second kappa shape index (κ2) is 9.49. The first kappa shape index (κ1) is 14.5. The van der Waals surface area contributed by atoms with E-state index in [0.29, 0.717) is 0 Å². The summed E-state index contributed by atoms with van der Waals surface area (Å²) in [5.74, 6) is 0. The summed E-state index contributed by atoms with van der Waals surface area (Å²) in [5.41, 5.74) is 0. The topological polar surface area (TPSA) is 27.7 Å². The third-order valence-electron chi connectivity index (χ3n) is 2.89. The highest BCUT2D eigenvalue weighted by atomic mass is 16.5. The highest BCUT2D eigenvalue weighted by molar-refractivity contribution is 4.92. The average molecular weight is 242 g/mol. The zero-order valence-electron chi connectivity index (χ0n) is 11.2. The zero-order chi connectivity index (χ0) is 12.3. The Hall–Kier alpha value is -0.540. The summed E-state index contributed by atoms with van der Waals surface area (Å²) >= 11 is 0. The minimum absolute atomic E-state index is 0.0564. The van der Waals surface area contributed by atoms with Crippen LogP contribution in [0.4, 0.5) is 0 Å². The molecule has 0 radical (unpaired) electrons. The molecule has 1 rings (SSSR count). The monoisotopic (exact) mass is 242 g/mol. The van der Waals surface area contributed by atoms with Crippen molar-refractivity contribution < 1.29 is 14.2 Å². The molecular weight excluding hydrogens is 216 g/mol. The zero-order valence-corrected chi connectivity index (χ0v) is 11.2. The summed E-state index contributed by atoms with van der Waals surface area (Å²) < 4.78 is 17.1. The van der Waals surface area contributed by atoms with Gasteiger partial charge in [0.25, 0.3) is 0 Å². The molecule has 100 valence electrons. The summed E-state index contributed by atoms with van der Waals surface area (Å²) in [6.07, 6.45) is 9.40. The summed E-state index contributed by atoms with van der Waals surface area (Å²) in [6.45, 7) is 6.70. The van der Waals surface area contributed by atoms with Crippen LogP contribution in [0.2, 0.25) is 0 Å². The smallest absolute Gasteiger partial charge is 0.105 e. The van der Waals surface area contributed by atoms with Crippen LogP contribution < -0.4 is 0 Å². The molecule has 3 heteroatoms. The van der Waals surface area contributed by atoms with Crippen LogP contribution in [0.3, 0.4) is 0 Å². The van der Waals surface area contributed by atoms with Gasteiger partial charge in [0.15, 0.2) is 0 Å². The molecule has 3 nitrogen and oxygen atoms in total. The van der Waals surface area contributed by atoms with Crippen LogP contribution in [0.25, 0.3) is 0 Å². The summed E-state index contributed by atoms with van der Waals surface area (Å²) in [7, 11) is 0. The Bertz CT molecular complexity index is 204.